The number of hydrogen-bond acceptors (Lipinski definition) is 7. The number of piperazine rings is 1. The number of carbonyl (C=O) groups excluding carboxylic acids is 1. The first-order chi connectivity index (χ1) is 21.0. The zero-order chi connectivity index (χ0) is 29.6. The molecule has 3 aromatic carbocycles. The third kappa shape index (κ3) is 6.59. The first-order valence-corrected chi connectivity index (χ1v) is 14.7. The fourth-order valence-corrected chi connectivity index (χ4v) is 5.48. The summed E-state index contributed by atoms with van der Waals surface area (Å²) in [4.78, 5) is 21.8. The van der Waals surface area contributed by atoms with Gasteiger partial charge in [0.15, 0.2) is 5.82 Å². The molecule has 1 amide bonds. The number of anilines is 2. The Morgan fingerprint density at radius 1 is 0.767 bits per heavy atom. The third-order valence-corrected chi connectivity index (χ3v) is 7.96. The minimum Gasteiger partial charge on any atom is -0.445 e. The van der Waals surface area contributed by atoms with E-state index in [1.165, 1.54) is 5.56 Å². The number of carbonyl (C=O) groups is 1. The van der Waals surface area contributed by atoms with E-state index in [9.17, 15) is 4.79 Å². The first-order valence-electron chi connectivity index (χ1n) is 14.7. The molecule has 0 saturated carbocycles. The van der Waals surface area contributed by atoms with E-state index in [0.717, 1.165) is 71.8 Å². The monoisotopic (exact) mass is 572 g/mol. The fourth-order valence-electron chi connectivity index (χ4n) is 5.48. The number of benzene rings is 3. The molecule has 8 nitrogen and oxygen atoms in total. The molecule has 5 aromatic rings. The molecule has 0 unspecified atom stereocenters. The highest BCUT2D eigenvalue weighted by atomic mass is 16.5. The van der Waals surface area contributed by atoms with Crippen molar-refractivity contribution >= 4 is 28.5 Å². The van der Waals surface area contributed by atoms with Crippen LogP contribution >= 0.6 is 0 Å². The summed E-state index contributed by atoms with van der Waals surface area (Å²) in [6.07, 6.45) is 2.13. The van der Waals surface area contributed by atoms with E-state index in [-0.39, 0.29) is 6.61 Å². The lowest BCUT2D eigenvalue weighted by atomic mass is 9.96. The van der Waals surface area contributed by atoms with Gasteiger partial charge in [0.2, 0.25) is 0 Å². The van der Waals surface area contributed by atoms with Crippen LogP contribution in [0.25, 0.3) is 10.8 Å². The van der Waals surface area contributed by atoms with Crippen molar-refractivity contribution in [2.24, 2.45) is 0 Å². The number of hydrogen-bond donors (Lipinski definition) is 1. The Kier molecular flexibility index (Phi) is 8.18. The van der Waals surface area contributed by atoms with E-state index in [1.807, 2.05) is 68.6 Å². The van der Waals surface area contributed by atoms with Crippen LogP contribution in [-0.2, 0) is 23.3 Å². The summed E-state index contributed by atoms with van der Waals surface area (Å²) in [5.74, 6) is 1.85. The largest absolute Gasteiger partial charge is 0.445 e. The third-order valence-electron chi connectivity index (χ3n) is 7.96. The Hall–Kier alpha value is -4.98. The predicted molar refractivity (Wildman–Crippen MR) is 170 cm³/mol. The second-order valence-corrected chi connectivity index (χ2v) is 11.4. The molecule has 1 fully saturated rings. The summed E-state index contributed by atoms with van der Waals surface area (Å²) >= 11 is 0. The molecule has 8 heteroatoms. The Bertz CT molecular complexity index is 1670. The zero-order valence-corrected chi connectivity index (χ0v) is 24.6. The summed E-state index contributed by atoms with van der Waals surface area (Å²) in [5.41, 5.74) is 3.44. The van der Waals surface area contributed by atoms with Gasteiger partial charge in [0.25, 0.3) is 0 Å². The lowest BCUT2D eigenvalue weighted by Crippen LogP contribution is -2.47. The molecule has 0 aliphatic carbocycles. The van der Waals surface area contributed by atoms with Gasteiger partial charge in [0.05, 0.1) is 11.2 Å². The van der Waals surface area contributed by atoms with Crippen molar-refractivity contribution in [3.8, 4) is 0 Å². The first kappa shape index (κ1) is 28.2. The van der Waals surface area contributed by atoms with Crippen molar-refractivity contribution in [2.75, 3.05) is 36.0 Å². The van der Waals surface area contributed by atoms with Crippen LogP contribution in [0.4, 0.5) is 16.4 Å². The van der Waals surface area contributed by atoms with Crippen LogP contribution in [0, 0.1) is 0 Å². The number of aromatic nitrogens is 3. The molecule has 1 aliphatic rings. The van der Waals surface area contributed by atoms with Gasteiger partial charge in [-0.3, -0.25) is 0 Å². The highest BCUT2D eigenvalue weighted by molar-refractivity contribution is 5.93. The van der Waals surface area contributed by atoms with Gasteiger partial charge in [-0.15, -0.1) is 5.10 Å². The molecule has 218 valence electrons. The topological polar surface area (TPSA) is 83.5 Å². The molecule has 6 rings (SSSR count). The van der Waals surface area contributed by atoms with E-state index in [4.69, 9.17) is 14.8 Å². The number of pyridine rings is 1. The minimum absolute atomic E-state index is 0.227. The molecule has 3 heterocycles. The second kappa shape index (κ2) is 12.5. The average molecular weight is 573 g/mol. The smallest absolute Gasteiger partial charge is 0.408 e. The molecule has 0 atom stereocenters. The lowest BCUT2D eigenvalue weighted by Gasteiger charge is -2.36. The van der Waals surface area contributed by atoms with Crippen LogP contribution in [0.3, 0.4) is 0 Å². The van der Waals surface area contributed by atoms with E-state index < -0.39 is 11.6 Å². The number of alkyl carbamates (subject to hydrolysis) is 1. The highest BCUT2D eigenvalue weighted by Gasteiger charge is 2.26. The standard InChI is InChI=1S/C35H36N6O2/c1-35(2,37-34(42)43-25-27-13-7-4-8-14-27)28-17-18-32(36-24-28)40-19-21-41(22-20-40)33-30-16-10-9-15-29(30)31(38-39-33)23-26-11-5-3-6-12-26/h3-18,24H,19-23,25H2,1-2H3,(H,37,42). The molecule has 43 heavy (non-hydrogen) atoms. The molecule has 2 aromatic heterocycles. The maximum atomic E-state index is 12.5. The van der Waals surface area contributed by atoms with Crippen LogP contribution < -0.4 is 15.1 Å². The van der Waals surface area contributed by atoms with E-state index in [0.29, 0.717) is 0 Å². The number of fused-ring (bicyclic) bond motifs is 1. The Balaban J connectivity index is 1.08. The van der Waals surface area contributed by atoms with Crippen molar-refractivity contribution in [3.63, 3.8) is 0 Å². The van der Waals surface area contributed by atoms with Crippen molar-refractivity contribution < 1.29 is 9.53 Å². The molecular weight excluding hydrogens is 536 g/mol. The maximum Gasteiger partial charge on any atom is 0.408 e. The van der Waals surface area contributed by atoms with Crippen molar-refractivity contribution in [1.82, 2.24) is 20.5 Å². The number of nitrogens with zero attached hydrogens (tertiary/aromatic N) is 5. The van der Waals surface area contributed by atoms with Crippen LogP contribution in [0.15, 0.2) is 103 Å². The van der Waals surface area contributed by atoms with E-state index in [2.05, 4.69) is 68.7 Å². The summed E-state index contributed by atoms with van der Waals surface area (Å²) in [7, 11) is 0. The van der Waals surface area contributed by atoms with Gasteiger partial charge in [0, 0.05) is 49.6 Å². The second-order valence-electron chi connectivity index (χ2n) is 11.4. The fraction of sp³-hybridized carbons (Fsp3) is 0.257. The van der Waals surface area contributed by atoms with Gasteiger partial charge >= 0.3 is 6.09 Å². The molecule has 1 aliphatic heterocycles. The summed E-state index contributed by atoms with van der Waals surface area (Å²) in [6.45, 7) is 7.40. The average Bonchev–Trinajstić information content (AvgIpc) is 3.05. The molecule has 0 spiro atoms. The maximum absolute atomic E-state index is 12.5. The number of rotatable bonds is 8. The SMILES string of the molecule is CC(C)(NC(=O)OCc1ccccc1)c1ccc(N2CCN(c3nnc(Cc4ccccc4)c4ccccc34)CC2)nc1. The van der Waals surface area contributed by atoms with Crippen LogP contribution in [0.5, 0.6) is 0 Å². The molecule has 1 saturated heterocycles. The molecule has 0 bridgehead atoms. The van der Waals surface area contributed by atoms with Crippen LogP contribution in [-0.4, -0.2) is 47.5 Å². The molecular formula is C35H36N6O2. The van der Waals surface area contributed by atoms with Crippen molar-refractivity contribution in [2.45, 2.75) is 32.4 Å². The summed E-state index contributed by atoms with van der Waals surface area (Å²) in [5, 5.41) is 14.6. The number of ether oxygens (including phenoxy) is 1. The summed E-state index contributed by atoms with van der Waals surface area (Å²) in [6, 6.07) is 32.5. The van der Waals surface area contributed by atoms with Gasteiger partial charge in [-0.1, -0.05) is 91.0 Å². The van der Waals surface area contributed by atoms with Gasteiger partial charge in [-0.25, -0.2) is 9.78 Å². The lowest BCUT2D eigenvalue weighted by molar-refractivity contribution is 0.129. The van der Waals surface area contributed by atoms with Crippen LogP contribution in [0.2, 0.25) is 0 Å². The quantitative estimate of drug-likeness (QED) is 0.240. The van der Waals surface area contributed by atoms with Gasteiger partial charge < -0.3 is 19.9 Å². The van der Waals surface area contributed by atoms with E-state index in [1.54, 1.807) is 0 Å². The van der Waals surface area contributed by atoms with Crippen LogP contribution in [0.1, 0.15) is 36.2 Å². The van der Waals surface area contributed by atoms with Crippen molar-refractivity contribution in [1.29, 1.82) is 0 Å². The molecule has 0 radical (unpaired) electrons. The predicted octanol–water partition coefficient (Wildman–Crippen LogP) is 6.10. The normalized spacial score (nSPS) is 13.6. The zero-order valence-electron chi connectivity index (χ0n) is 24.6. The van der Waals surface area contributed by atoms with Gasteiger partial charge in [0.1, 0.15) is 12.4 Å². The van der Waals surface area contributed by atoms with Gasteiger partial charge in [-0.05, 0) is 36.6 Å². The summed E-state index contributed by atoms with van der Waals surface area (Å²) < 4.78 is 5.42. The Labute approximate surface area is 252 Å². The number of amides is 1. The Morgan fingerprint density at radius 2 is 1.40 bits per heavy atom. The Morgan fingerprint density at radius 3 is 2.07 bits per heavy atom. The number of nitrogens with one attached hydrogen (secondary N) is 1. The molecule has 1 N–H and O–H groups in total. The minimum atomic E-state index is -0.635. The highest BCUT2D eigenvalue weighted by Crippen LogP contribution is 2.29. The van der Waals surface area contributed by atoms with E-state index >= 15 is 0 Å². The van der Waals surface area contributed by atoms with Crippen molar-refractivity contribution in [3.05, 3.63) is 126 Å². The van der Waals surface area contributed by atoms with Gasteiger partial charge in [-0.2, -0.15) is 5.10 Å².